The summed E-state index contributed by atoms with van der Waals surface area (Å²) in [7, 11) is -3.86. The predicted octanol–water partition coefficient (Wildman–Crippen LogP) is 0.848. The van der Waals surface area contributed by atoms with Crippen LogP contribution in [-0.4, -0.2) is 23.9 Å². The molecule has 1 amide bonds. The van der Waals surface area contributed by atoms with E-state index in [4.69, 9.17) is 5.14 Å². The van der Waals surface area contributed by atoms with Crippen LogP contribution >= 0.6 is 0 Å². The maximum atomic E-state index is 12.6. The molecule has 9 nitrogen and oxygen atoms in total. The van der Waals surface area contributed by atoms with Crippen LogP contribution in [0, 0.1) is 0 Å². The molecule has 4 N–H and O–H groups in total. The smallest absolute Gasteiger partial charge is 0.328 e. The van der Waals surface area contributed by atoms with Gasteiger partial charge in [0.15, 0.2) is 0 Å². The van der Waals surface area contributed by atoms with Crippen molar-refractivity contribution in [2.45, 2.75) is 31.3 Å². The van der Waals surface area contributed by atoms with Crippen molar-refractivity contribution in [3.05, 3.63) is 74.4 Å². The van der Waals surface area contributed by atoms with Crippen molar-refractivity contribution < 1.29 is 13.2 Å². The average molecular weight is 416 g/mol. The number of aromatic amines is 1. The van der Waals surface area contributed by atoms with Gasteiger partial charge >= 0.3 is 5.69 Å². The van der Waals surface area contributed by atoms with E-state index in [1.807, 2.05) is 0 Å². The van der Waals surface area contributed by atoms with E-state index in [0.29, 0.717) is 10.9 Å². The molecule has 10 heteroatoms. The molecule has 0 aliphatic rings. The van der Waals surface area contributed by atoms with Crippen LogP contribution in [-0.2, 0) is 16.6 Å². The summed E-state index contributed by atoms with van der Waals surface area (Å²) in [4.78, 5) is 39.5. The predicted molar refractivity (Wildman–Crippen MR) is 108 cm³/mol. The monoisotopic (exact) mass is 416 g/mol. The first kappa shape index (κ1) is 20.5. The summed E-state index contributed by atoms with van der Waals surface area (Å²) in [5, 5.41) is 8.20. The van der Waals surface area contributed by atoms with Crippen LogP contribution in [0.25, 0.3) is 10.9 Å². The van der Waals surface area contributed by atoms with E-state index in [0.717, 1.165) is 4.57 Å². The van der Waals surface area contributed by atoms with Crippen LogP contribution in [0.4, 0.5) is 0 Å². The number of nitrogens with two attached hydrogens (primary N) is 1. The molecule has 152 valence electrons. The number of sulfonamides is 1. The number of fused-ring (bicyclic) bond motifs is 1. The topological polar surface area (TPSA) is 144 Å². The lowest BCUT2D eigenvalue weighted by Gasteiger charge is -2.15. The second kappa shape index (κ2) is 7.64. The molecule has 0 spiro atoms. The fraction of sp³-hybridized carbons (Fsp3) is 0.211. The van der Waals surface area contributed by atoms with Crippen molar-refractivity contribution in [1.29, 1.82) is 0 Å². The molecule has 0 aliphatic heterocycles. The highest BCUT2D eigenvalue weighted by Gasteiger charge is 2.16. The molecule has 0 saturated heterocycles. The highest BCUT2D eigenvalue weighted by Crippen LogP contribution is 2.18. The van der Waals surface area contributed by atoms with E-state index in [9.17, 15) is 22.8 Å². The molecule has 29 heavy (non-hydrogen) atoms. The molecule has 0 fully saturated rings. The number of aromatic nitrogens is 2. The molecular weight excluding hydrogens is 396 g/mol. The number of hydrogen-bond acceptors (Lipinski definition) is 5. The van der Waals surface area contributed by atoms with Crippen LogP contribution in [0.2, 0.25) is 0 Å². The number of carbonyl (C=O) groups excluding carboxylic acids is 1. The Bertz CT molecular complexity index is 1320. The highest BCUT2D eigenvalue weighted by molar-refractivity contribution is 7.89. The Balaban J connectivity index is 1.90. The van der Waals surface area contributed by atoms with Crippen molar-refractivity contribution in [2.24, 2.45) is 5.14 Å². The van der Waals surface area contributed by atoms with E-state index >= 15 is 0 Å². The van der Waals surface area contributed by atoms with Crippen LogP contribution in [0.3, 0.4) is 0 Å². The SMILES string of the molecule is CCn1c(=O)[nH]c2cc(C(=O)NC(C)c3cccc(S(N)(=O)=O)c3)ccc2c1=O. The first-order chi connectivity index (χ1) is 13.6. The van der Waals surface area contributed by atoms with Gasteiger partial charge in [-0.1, -0.05) is 12.1 Å². The molecule has 1 aromatic heterocycles. The van der Waals surface area contributed by atoms with Gasteiger partial charge in [0.05, 0.1) is 21.8 Å². The van der Waals surface area contributed by atoms with E-state index < -0.39 is 33.2 Å². The van der Waals surface area contributed by atoms with Gasteiger partial charge in [0.25, 0.3) is 11.5 Å². The number of primary sulfonamides is 1. The zero-order valence-corrected chi connectivity index (χ0v) is 16.6. The van der Waals surface area contributed by atoms with Gasteiger partial charge in [-0.25, -0.2) is 18.4 Å². The minimum atomic E-state index is -3.86. The van der Waals surface area contributed by atoms with Gasteiger partial charge in [-0.05, 0) is 49.7 Å². The quantitative estimate of drug-likeness (QED) is 0.565. The van der Waals surface area contributed by atoms with Crippen LogP contribution in [0.1, 0.15) is 35.8 Å². The number of carbonyl (C=O) groups is 1. The fourth-order valence-electron chi connectivity index (χ4n) is 3.01. The molecule has 3 rings (SSSR count). The fourth-order valence-corrected chi connectivity index (χ4v) is 3.58. The van der Waals surface area contributed by atoms with E-state index in [2.05, 4.69) is 10.3 Å². The zero-order chi connectivity index (χ0) is 21.3. The lowest BCUT2D eigenvalue weighted by Crippen LogP contribution is -2.34. The first-order valence-corrected chi connectivity index (χ1v) is 10.4. The van der Waals surface area contributed by atoms with Crippen molar-refractivity contribution in [1.82, 2.24) is 14.9 Å². The number of H-pyrrole nitrogens is 1. The second-order valence-corrected chi connectivity index (χ2v) is 8.11. The third-order valence-corrected chi connectivity index (χ3v) is 5.51. The summed E-state index contributed by atoms with van der Waals surface area (Å²) in [6.07, 6.45) is 0. The maximum Gasteiger partial charge on any atom is 0.328 e. The summed E-state index contributed by atoms with van der Waals surface area (Å²) in [5.74, 6) is -0.444. The Labute approximate surface area is 166 Å². The van der Waals surface area contributed by atoms with E-state index in [1.165, 1.54) is 36.4 Å². The molecule has 2 aromatic carbocycles. The van der Waals surface area contributed by atoms with E-state index in [-0.39, 0.29) is 22.5 Å². The second-order valence-electron chi connectivity index (χ2n) is 6.55. The Morgan fingerprint density at radius 1 is 1.21 bits per heavy atom. The molecule has 0 saturated carbocycles. The maximum absolute atomic E-state index is 12.6. The number of hydrogen-bond donors (Lipinski definition) is 3. The summed E-state index contributed by atoms with van der Waals surface area (Å²) >= 11 is 0. The summed E-state index contributed by atoms with van der Waals surface area (Å²) < 4.78 is 24.1. The number of rotatable bonds is 5. The largest absolute Gasteiger partial charge is 0.346 e. The first-order valence-electron chi connectivity index (χ1n) is 8.82. The molecule has 1 unspecified atom stereocenters. The Hall–Kier alpha value is -3.24. The lowest BCUT2D eigenvalue weighted by molar-refractivity contribution is 0.0940. The molecule has 3 aromatic rings. The number of nitrogens with zero attached hydrogens (tertiary/aromatic N) is 1. The molecule has 0 radical (unpaired) electrons. The highest BCUT2D eigenvalue weighted by atomic mass is 32.2. The standard InChI is InChI=1S/C19H20N4O5S/c1-3-23-18(25)15-8-7-13(10-16(15)22-19(23)26)17(24)21-11(2)12-5-4-6-14(9-12)29(20,27)28/h4-11H,3H2,1-2H3,(H,21,24)(H,22,26)(H2,20,27,28). The molecule has 1 atom stereocenters. The number of amides is 1. The summed E-state index contributed by atoms with van der Waals surface area (Å²) in [5.41, 5.74) is 0.101. The minimum absolute atomic E-state index is 0.0495. The summed E-state index contributed by atoms with van der Waals surface area (Å²) in [6.45, 7) is 3.63. The zero-order valence-electron chi connectivity index (χ0n) is 15.8. The van der Waals surface area contributed by atoms with Crippen molar-refractivity contribution in [3.63, 3.8) is 0 Å². The third-order valence-electron chi connectivity index (χ3n) is 4.59. The number of benzene rings is 2. The molecule has 0 aliphatic carbocycles. The van der Waals surface area contributed by atoms with Gasteiger partial charge in [0.1, 0.15) is 0 Å². The van der Waals surface area contributed by atoms with Gasteiger partial charge in [-0.2, -0.15) is 0 Å². The lowest BCUT2D eigenvalue weighted by atomic mass is 10.1. The van der Waals surface area contributed by atoms with Crippen LogP contribution in [0.5, 0.6) is 0 Å². The van der Waals surface area contributed by atoms with Gasteiger partial charge in [-0.15, -0.1) is 0 Å². The van der Waals surface area contributed by atoms with Gasteiger partial charge in [-0.3, -0.25) is 14.2 Å². The molecule has 1 heterocycles. The van der Waals surface area contributed by atoms with Crippen molar-refractivity contribution in [3.8, 4) is 0 Å². The number of nitrogens with one attached hydrogen (secondary N) is 2. The van der Waals surface area contributed by atoms with Gasteiger partial charge in [0.2, 0.25) is 10.0 Å². The Morgan fingerprint density at radius 2 is 1.93 bits per heavy atom. The molecular formula is C19H20N4O5S. The van der Waals surface area contributed by atoms with Crippen molar-refractivity contribution >= 4 is 26.8 Å². The Kier molecular flexibility index (Phi) is 5.40. The molecule has 0 bridgehead atoms. The summed E-state index contributed by atoms with van der Waals surface area (Å²) in [6, 6.07) is 9.88. The Morgan fingerprint density at radius 3 is 2.59 bits per heavy atom. The average Bonchev–Trinajstić information content (AvgIpc) is 2.67. The van der Waals surface area contributed by atoms with Crippen LogP contribution < -0.4 is 21.7 Å². The van der Waals surface area contributed by atoms with Gasteiger partial charge < -0.3 is 10.3 Å². The normalized spacial score (nSPS) is 12.7. The minimum Gasteiger partial charge on any atom is -0.346 e. The third kappa shape index (κ3) is 4.13. The van der Waals surface area contributed by atoms with Gasteiger partial charge in [0, 0.05) is 12.1 Å². The van der Waals surface area contributed by atoms with Crippen molar-refractivity contribution in [2.75, 3.05) is 0 Å². The van der Waals surface area contributed by atoms with E-state index in [1.54, 1.807) is 19.9 Å². The van der Waals surface area contributed by atoms with Crippen LogP contribution in [0.15, 0.2) is 56.9 Å².